The average molecular weight is 366 g/mol. The Hall–Kier alpha value is -3.41. The van der Waals surface area contributed by atoms with E-state index in [1.165, 1.54) is 19.2 Å². The maximum absolute atomic E-state index is 13.5. The van der Waals surface area contributed by atoms with Crippen LogP contribution < -0.4 is 15.2 Å². The molecule has 0 fully saturated rings. The van der Waals surface area contributed by atoms with Crippen LogP contribution in [-0.4, -0.2) is 25.1 Å². The summed E-state index contributed by atoms with van der Waals surface area (Å²) >= 11 is 0. The summed E-state index contributed by atoms with van der Waals surface area (Å²) < 4.78 is 23.9. The highest BCUT2D eigenvalue weighted by molar-refractivity contribution is 5.85. The number of benzene rings is 2. The number of rotatable bonds is 6. The minimum atomic E-state index is -0.720. The zero-order valence-corrected chi connectivity index (χ0v) is 15.0. The molecule has 138 valence electrons. The van der Waals surface area contributed by atoms with Crippen molar-refractivity contribution in [2.45, 2.75) is 5.92 Å². The Bertz CT molecular complexity index is 958. The zero-order chi connectivity index (χ0) is 19.4. The van der Waals surface area contributed by atoms with Crippen LogP contribution in [0.4, 0.5) is 4.39 Å². The summed E-state index contributed by atoms with van der Waals surface area (Å²) in [4.78, 5) is 16.5. The molecule has 0 spiro atoms. The van der Waals surface area contributed by atoms with Gasteiger partial charge >= 0.3 is 0 Å². The quantitative estimate of drug-likeness (QED) is 0.724. The van der Waals surface area contributed by atoms with Gasteiger partial charge in [0.25, 0.3) is 0 Å². The molecule has 1 amide bonds. The molecule has 0 saturated carbocycles. The van der Waals surface area contributed by atoms with Gasteiger partial charge in [0.2, 0.25) is 5.91 Å². The monoisotopic (exact) mass is 366 g/mol. The Balaban J connectivity index is 2.05. The van der Waals surface area contributed by atoms with Crippen molar-refractivity contribution in [3.63, 3.8) is 0 Å². The first-order valence-corrected chi connectivity index (χ1v) is 8.26. The second-order valence-corrected chi connectivity index (χ2v) is 5.92. The lowest BCUT2D eigenvalue weighted by atomic mass is 9.92. The Labute approximate surface area is 156 Å². The van der Waals surface area contributed by atoms with E-state index in [1.54, 1.807) is 55.8 Å². The molecule has 1 heterocycles. The van der Waals surface area contributed by atoms with Crippen molar-refractivity contribution in [3.8, 4) is 22.6 Å². The van der Waals surface area contributed by atoms with E-state index in [4.69, 9.17) is 15.2 Å². The van der Waals surface area contributed by atoms with Gasteiger partial charge in [0.15, 0.2) is 0 Å². The minimum Gasteiger partial charge on any atom is -0.497 e. The van der Waals surface area contributed by atoms with Crippen molar-refractivity contribution in [2.75, 3.05) is 14.2 Å². The van der Waals surface area contributed by atoms with Crippen molar-refractivity contribution < 1.29 is 18.7 Å². The van der Waals surface area contributed by atoms with Crippen LogP contribution in [-0.2, 0) is 4.79 Å². The van der Waals surface area contributed by atoms with Crippen molar-refractivity contribution in [3.05, 3.63) is 77.9 Å². The number of nitrogens with two attached hydrogens (primary N) is 1. The molecule has 2 aromatic carbocycles. The molecule has 1 atom stereocenters. The predicted octanol–water partition coefficient (Wildman–Crippen LogP) is 3.52. The van der Waals surface area contributed by atoms with Gasteiger partial charge in [-0.1, -0.05) is 12.1 Å². The highest BCUT2D eigenvalue weighted by Crippen LogP contribution is 2.33. The Morgan fingerprint density at radius 3 is 2.41 bits per heavy atom. The van der Waals surface area contributed by atoms with Gasteiger partial charge in [0, 0.05) is 17.8 Å². The highest BCUT2D eigenvalue weighted by atomic mass is 19.1. The number of hydrogen-bond acceptors (Lipinski definition) is 4. The molecule has 0 aliphatic rings. The van der Waals surface area contributed by atoms with Crippen molar-refractivity contribution in [2.24, 2.45) is 5.73 Å². The second-order valence-electron chi connectivity index (χ2n) is 5.92. The molecule has 0 radical (unpaired) electrons. The highest BCUT2D eigenvalue weighted by Gasteiger charge is 2.22. The van der Waals surface area contributed by atoms with Gasteiger partial charge in [0.05, 0.1) is 19.9 Å². The van der Waals surface area contributed by atoms with Crippen LogP contribution >= 0.6 is 0 Å². The Kier molecular flexibility index (Phi) is 5.35. The van der Waals surface area contributed by atoms with E-state index in [-0.39, 0.29) is 0 Å². The number of nitrogens with zero attached hydrogens (tertiary/aromatic N) is 1. The second kappa shape index (κ2) is 7.86. The summed E-state index contributed by atoms with van der Waals surface area (Å²) in [6.45, 7) is 0. The molecule has 27 heavy (non-hydrogen) atoms. The summed E-state index contributed by atoms with van der Waals surface area (Å²) in [5, 5.41) is 0. The molecule has 0 bridgehead atoms. The van der Waals surface area contributed by atoms with Gasteiger partial charge in [-0.25, -0.2) is 4.39 Å². The van der Waals surface area contributed by atoms with E-state index in [0.29, 0.717) is 28.3 Å². The standard InChI is InChI=1S/C21H19FN2O3/c1-26-16-6-3-13(4-7-16)20(21(23)25)18-11-14(9-10-24-18)17-8-5-15(22)12-19(17)27-2/h3-12,20H,1-2H3,(H2,23,25). The molecule has 0 aliphatic heterocycles. The molecule has 1 unspecified atom stereocenters. The molecule has 0 aliphatic carbocycles. The van der Waals surface area contributed by atoms with E-state index >= 15 is 0 Å². The number of ether oxygens (including phenoxy) is 2. The number of primary amides is 1. The van der Waals surface area contributed by atoms with Crippen LogP contribution in [0.15, 0.2) is 60.8 Å². The molecule has 1 aromatic heterocycles. The third-order valence-electron chi connectivity index (χ3n) is 4.29. The molecule has 2 N–H and O–H groups in total. The lowest BCUT2D eigenvalue weighted by molar-refractivity contribution is -0.118. The molecule has 6 heteroatoms. The van der Waals surface area contributed by atoms with Crippen molar-refractivity contribution >= 4 is 5.91 Å². The molecular weight excluding hydrogens is 347 g/mol. The van der Waals surface area contributed by atoms with Crippen LogP contribution in [0.3, 0.4) is 0 Å². The molecule has 3 rings (SSSR count). The van der Waals surface area contributed by atoms with Crippen LogP contribution in [0.2, 0.25) is 0 Å². The maximum atomic E-state index is 13.5. The Morgan fingerprint density at radius 2 is 1.78 bits per heavy atom. The van der Waals surface area contributed by atoms with Gasteiger partial charge in [-0.3, -0.25) is 9.78 Å². The van der Waals surface area contributed by atoms with Crippen molar-refractivity contribution in [1.82, 2.24) is 4.98 Å². The number of aromatic nitrogens is 1. The summed E-state index contributed by atoms with van der Waals surface area (Å²) in [6, 6.07) is 14.9. The topological polar surface area (TPSA) is 74.4 Å². The van der Waals surface area contributed by atoms with Crippen LogP contribution in [0, 0.1) is 5.82 Å². The maximum Gasteiger partial charge on any atom is 0.231 e. The normalized spacial score (nSPS) is 11.7. The first-order chi connectivity index (χ1) is 13.0. The largest absolute Gasteiger partial charge is 0.497 e. The van der Waals surface area contributed by atoms with Crippen LogP contribution in [0.5, 0.6) is 11.5 Å². The molecular formula is C21H19FN2O3. The van der Waals surface area contributed by atoms with Crippen LogP contribution in [0.25, 0.3) is 11.1 Å². The summed E-state index contributed by atoms with van der Waals surface area (Å²) in [5.74, 6) is -0.553. The van der Waals surface area contributed by atoms with E-state index in [9.17, 15) is 9.18 Å². The predicted molar refractivity (Wildman–Crippen MR) is 100 cm³/mol. The molecule has 5 nitrogen and oxygen atoms in total. The number of carbonyl (C=O) groups is 1. The minimum absolute atomic E-state index is 0.391. The number of pyridine rings is 1. The summed E-state index contributed by atoms with van der Waals surface area (Å²) in [6.07, 6.45) is 1.59. The van der Waals surface area contributed by atoms with E-state index < -0.39 is 17.6 Å². The van der Waals surface area contributed by atoms with Gasteiger partial charge in [-0.15, -0.1) is 0 Å². The number of hydrogen-bond donors (Lipinski definition) is 1. The van der Waals surface area contributed by atoms with Gasteiger partial charge in [-0.2, -0.15) is 0 Å². The van der Waals surface area contributed by atoms with Crippen LogP contribution in [0.1, 0.15) is 17.2 Å². The van der Waals surface area contributed by atoms with E-state index in [0.717, 1.165) is 5.56 Å². The average Bonchev–Trinajstić information content (AvgIpc) is 2.68. The molecule has 0 saturated heterocycles. The first kappa shape index (κ1) is 18.4. The Morgan fingerprint density at radius 1 is 1.04 bits per heavy atom. The van der Waals surface area contributed by atoms with E-state index in [2.05, 4.69) is 4.98 Å². The van der Waals surface area contributed by atoms with Gasteiger partial charge < -0.3 is 15.2 Å². The summed E-state index contributed by atoms with van der Waals surface area (Å²) in [5.41, 5.74) is 8.30. The lowest BCUT2D eigenvalue weighted by Gasteiger charge is -2.16. The molecule has 3 aromatic rings. The van der Waals surface area contributed by atoms with Crippen molar-refractivity contribution in [1.29, 1.82) is 0 Å². The third-order valence-corrected chi connectivity index (χ3v) is 4.29. The smallest absolute Gasteiger partial charge is 0.231 e. The van der Waals surface area contributed by atoms with E-state index in [1.807, 2.05) is 0 Å². The summed E-state index contributed by atoms with van der Waals surface area (Å²) in [7, 11) is 3.05. The third kappa shape index (κ3) is 3.89. The SMILES string of the molecule is COc1ccc(C(C(N)=O)c2cc(-c3ccc(F)cc3OC)ccn2)cc1. The zero-order valence-electron chi connectivity index (χ0n) is 15.0. The fourth-order valence-corrected chi connectivity index (χ4v) is 2.95. The lowest BCUT2D eigenvalue weighted by Crippen LogP contribution is -2.23. The number of amides is 1. The fraction of sp³-hybridized carbons (Fsp3) is 0.143. The van der Waals surface area contributed by atoms with Gasteiger partial charge in [-0.05, 0) is 47.5 Å². The number of methoxy groups -OCH3 is 2. The number of carbonyl (C=O) groups excluding carboxylic acids is 1. The van der Waals surface area contributed by atoms with Gasteiger partial charge in [0.1, 0.15) is 23.2 Å². The fourth-order valence-electron chi connectivity index (χ4n) is 2.95. The number of halogens is 1. The first-order valence-electron chi connectivity index (χ1n) is 8.26.